The van der Waals surface area contributed by atoms with Gasteiger partial charge in [0.15, 0.2) is 5.84 Å². The zero-order chi connectivity index (χ0) is 21.7. The summed E-state index contributed by atoms with van der Waals surface area (Å²) in [5.74, 6) is -0.346. The molecule has 0 atom stereocenters. The molecule has 1 aliphatic heterocycles. The van der Waals surface area contributed by atoms with Gasteiger partial charge in [-0.15, -0.1) is 9.30 Å². The summed E-state index contributed by atoms with van der Waals surface area (Å²) in [6.45, 7) is 7.02. The lowest BCUT2D eigenvalue weighted by Crippen LogP contribution is -2.48. The van der Waals surface area contributed by atoms with Gasteiger partial charge in [-0.25, -0.2) is 0 Å². The molecule has 4 N–H and O–H groups in total. The molecule has 0 aliphatic carbocycles. The Morgan fingerprint density at radius 1 is 1.45 bits per heavy atom. The van der Waals surface area contributed by atoms with E-state index in [-0.39, 0.29) is 23.7 Å². The highest BCUT2D eigenvalue weighted by Gasteiger charge is 2.27. The molecule has 0 fully saturated rings. The maximum absolute atomic E-state index is 12.4. The van der Waals surface area contributed by atoms with E-state index in [1.807, 2.05) is 0 Å². The number of allylic oxidation sites excluding steroid dienone is 2. The van der Waals surface area contributed by atoms with Crippen molar-refractivity contribution in [2.24, 2.45) is 15.3 Å². The first-order valence-electron chi connectivity index (χ1n) is 8.37. The quantitative estimate of drug-likeness (QED) is 0.331. The molecule has 2 rings (SSSR count). The Bertz CT molecular complexity index is 1030. The monoisotopic (exact) mass is 419 g/mol. The molecule has 29 heavy (non-hydrogen) atoms. The Morgan fingerprint density at radius 3 is 2.83 bits per heavy atom. The highest BCUT2D eigenvalue weighted by Crippen LogP contribution is 2.30. The molecule has 1 amide bonds. The van der Waals surface area contributed by atoms with Gasteiger partial charge in [-0.05, 0) is 43.3 Å². The summed E-state index contributed by atoms with van der Waals surface area (Å²) >= 11 is 0. The first-order valence-corrected chi connectivity index (χ1v) is 9.81. The molecule has 0 unspecified atom stereocenters. The van der Waals surface area contributed by atoms with Gasteiger partial charge in [0, 0.05) is 5.57 Å². The second-order valence-electron chi connectivity index (χ2n) is 6.64. The van der Waals surface area contributed by atoms with E-state index in [4.69, 9.17) is 10.5 Å². The fraction of sp³-hybridized carbons (Fsp3) is 0.222. The minimum atomic E-state index is -3.89. The van der Waals surface area contributed by atoms with Crippen molar-refractivity contribution in [3.8, 4) is 5.75 Å². The van der Waals surface area contributed by atoms with Crippen LogP contribution in [0.25, 0.3) is 0 Å². The molecule has 0 bridgehead atoms. The third-order valence-electron chi connectivity index (χ3n) is 3.65. The number of nitrogens with zero attached hydrogens (tertiary/aromatic N) is 2. The molecule has 11 heteroatoms. The van der Waals surface area contributed by atoms with Gasteiger partial charge in [0.25, 0.3) is 5.91 Å². The van der Waals surface area contributed by atoms with Crippen LogP contribution in [0.3, 0.4) is 0 Å². The smallest absolute Gasteiger partial charge is 0.344 e. The van der Waals surface area contributed by atoms with Crippen molar-refractivity contribution in [3.63, 3.8) is 0 Å². The summed E-state index contributed by atoms with van der Waals surface area (Å²) in [5.41, 5.74) is 5.71. The van der Waals surface area contributed by atoms with Crippen molar-refractivity contribution < 1.29 is 17.9 Å². The molecule has 1 aromatic carbocycles. The number of carbonyl (C=O) groups excluding carboxylic acids is 1. The average molecular weight is 419 g/mol. The Labute approximate surface area is 168 Å². The van der Waals surface area contributed by atoms with E-state index in [1.54, 1.807) is 26.0 Å². The van der Waals surface area contributed by atoms with Crippen LogP contribution in [-0.2, 0) is 15.0 Å². The fourth-order valence-corrected chi connectivity index (χ4v) is 3.30. The Balaban J connectivity index is 2.16. The molecule has 154 valence electrons. The van der Waals surface area contributed by atoms with Crippen molar-refractivity contribution in [1.82, 2.24) is 5.32 Å². The number of hydrogen-bond acceptors (Lipinski definition) is 7. The van der Waals surface area contributed by atoms with E-state index in [0.29, 0.717) is 11.3 Å². The molecule has 0 saturated carbocycles. The second-order valence-corrected chi connectivity index (χ2v) is 7.97. The predicted molar refractivity (Wildman–Crippen MR) is 111 cm³/mol. The SMILES string of the molecule is C=C/C=C(\C=C/N=O)C(=O)NC(C)(C)COc1cccc2c1C(N)=NS(=O)(=O)N2. The van der Waals surface area contributed by atoms with Crippen LogP contribution < -0.4 is 20.5 Å². The van der Waals surface area contributed by atoms with E-state index in [0.717, 1.165) is 6.20 Å². The van der Waals surface area contributed by atoms with Crippen LogP contribution in [0.15, 0.2) is 64.4 Å². The molecule has 1 aliphatic rings. The van der Waals surface area contributed by atoms with E-state index in [2.05, 4.69) is 26.2 Å². The first-order chi connectivity index (χ1) is 13.6. The number of amidine groups is 1. The lowest BCUT2D eigenvalue weighted by Gasteiger charge is -2.28. The van der Waals surface area contributed by atoms with Crippen LogP contribution in [0, 0.1) is 4.91 Å². The van der Waals surface area contributed by atoms with E-state index in [9.17, 15) is 18.1 Å². The van der Waals surface area contributed by atoms with Gasteiger partial charge < -0.3 is 15.8 Å². The number of anilines is 1. The van der Waals surface area contributed by atoms with E-state index >= 15 is 0 Å². The summed E-state index contributed by atoms with van der Waals surface area (Å²) in [6.07, 6.45) is 5.06. The summed E-state index contributed by atoms with van der Waals surface area (Å²) < 4.78 is 34.8. The number of fused-ring (bicyclic) bond motifs is 1. The Hall–Kier alpha value is -3.47. The van der Waals surface area contributed by atoms with Gasteiger partial charge in [0.2, 0.25) is 0 Å². The number of ether oxygens (including phenoxy) is 1. The average Bonchev–Trinajstić information content (AvgIpc) is 2.61. The van der Waals surface area contributed by atoms with Gasteiger partial charge in [-0.2, -0.15) is 8.42 Å². The Morgan fingerprint density at radius 2 is 2.17 bits per heavy atom. The number of nitrogens with one attached hydrogen (secondary N) is 2. The molecular weight excluding hydrogens is 398 g/mol. The van der Waals surface area contributed by atoms with Gasteiger partial charge in [0.05, 0.1) is 23.0 Å². The normalized spacial score (nSPS) is 15.7. The maximum atomic E-state index is 12.4. The van der Waals surface area contributed by atoms with E-state index < -0.39 is 21.7 Å². The van der Waals surface area contributed by atoms with Crippen LogP contribution >= 0.6 is 0 Å². The minimum absolute atomic E-state index is 0.0340. The van der Waals surface area contributed by atoms with Crippen molar-refractivity contribution >= 4 is 27.6 Å². The number of carbonyl (C=O) groups is 1. The van der Waals surface area contributed by atoms with Gasteiger partial charge in [-0.3, -0.25) is 9.52 Å². The standard InChI is InChI=1S/C18H21N5O5S/c1-4-6-12(9-10-20-25)17(24)21-18(2,3)11-28-14-8-5-7-13-15(14)16(19)23-29(26,27)22-13/h4-10,22H,1,11H2,2-3H3,(H2,19,23)(H,21,24)/b10-9-,12-6+. The van der Waals surface area contributed by atoms with Crippen molar-refractivity contribution in [2.75, 3.05) is 11.3 Å². The van der Waals surface area contributed by atoms with Gasteiger partial charge in [0.1, 0.15) is 12.4 Å². The van der Waals surface area contributed by atoms with Crippen LogP contribution in [0.1, 0.15) is 19.4 Å². The number of hydrogen-bond donors (Lipinski definition) is 3. The first kappa shape index (κ1) is 21.8. The lowest BCUT2D eigenvalue weighted by molar-refractivity contribution is -0.119. The van der Waals surface area contributed by atoms with Gasteiger partial charge in [-0.1, -0.05) is 18.7 Å². The van der Waals surface area contributed by atoms with Gasteiger partial charge >= 0.3 is 10.2 Å². The third kappa shape index (κ3) is 5.75. The zero-order valence-electron chi connectivity index (χ0n) is 15.9. The molecule has 1 heterocycles. The second kappa shape index (κ2) is 8.69. The largest absolute Gasteiger partial charge is 0.490 e. The van der Waals surface area contributed by atoms with Crippen LogP contribution in [0.2, 0.25) is 0 Å². The topological polar surface area (TPSA) is 152 Å². The predicted octanol–water partition coefficient (Wildman–Crippen LogP) is 1.73. The van der Waals surface area contributed by atoms with Crippen LogP contribution in [-0.4, -0.2) is 32.3 Å². The summed E-state index contributed by atoms with van der Waals surface area (Å²) in [4.78, 5) is 22.7. The maximum Gasteiger partial charge on any atom is 0.344 e. The molecule has 0 aromatic heterocycles. The fourth-order valence-electron chi connectivity index (χ4n) is 2.46. The molecule has 0 saturated heterocycles. The molecule has 10 nitrogen and oxygen atoms in total. The molecular formula is C18H21N5O5S. The number of rotatable bonds is 8. The number of amides is 1. The molecule has 0 spiro atoms. The number of nitrogens with two attached hydrogens (primary N) is 1. The van der Waals surface area contributed by atoms with Crippen molar-refractivity contribution in [3.05, 3.63) is 65.2 Å². The van der Waals surface area contributed by atoms with Crippen molar-refractivity contribution in [2.45, 2.75) is 19.4 Å². The minimum Gasteiger partial charge on any atom is -0.490 e. The Kier molecular flexibility index (Phi) is 6.54. The molecule has 1 aromatic rings. The third-order valence-corrected chi connectivity index (χ3v) is 4.57. The number of benzene rings is 1. The number of nitroso groups, excluding NO2 is 1. The van der Waals surface area contributed by atoms with Crippen molar-refractivity contribution in [1.29, 1.82) is 0 Å². The summed E-state index contributed by atoms with van der Waals surface area (Å²) in [5, 5.41) is 5.37. The summed E-state index contributed by atoms with van der Waals surface area (Å²) in [6, 6.07) is 4.75. The highest BCUT2D eigenvalue weighted by atomic mass is 32.2. The van der Waals surface area contributed by atoms with E-state index in [1.165, 1.54) is 24.3 Å². The molecule has 0 radical (unpaired) electrons. The van der Waals surface area contributed by atoms with Crippen LogP contribution in [0.5, 0.6) is 5.75 Å². The zero-order valence-corrected chi connectivity index (χ0v) is 16.7. The van der Waals surface area contributed by atoms with Crippen LogP contribution in [0.4, 0.5) is 5.69 Å². The highest BCUT2D eigenvalue weighted by molar-refractivity contribution is 7.91. The lowest BCUT2D eigenvalue weighted by atomic mass is 10.1. The summed E-state index contributed by atoms with van der Waals surface area (Å²) in [7, 11) is -3.89.